The van der Waals surface area contributed by atoms with Crippen molar-refractivity contribution in [2.75, 3.05) is 45.4 Å². The summed E-state index contributed by atoms with van der Waals surface area (Å²) >= 11 is 0. The molecule has 1 aliphatic rings. The third kappa shape index (κ3) is 2.08. The fourth-order valence-corrected chi connectivity index (χ4v) is 2.58. The Morgan fingerprint density at radius 1 is 1.10 bits per heavy atom. The van der Waals surface area contributed by atoms with Gasteiger partial charge in [0.15, 0.2) is 17.2 Å². The van der Waals surface area contributed by atoms with Crippen LogP contribution in [0.2, 0.25) is 0 Å². The number of ether oxygens (including phenoxy) is 3. The first kappa shape index (κ1) is 13.1. The van der Waals surface area contributed by atoms with Gasteiger partial charge in [-0.25, -0.2) is 0 Å². The van der Waals surface area contributed by atoms with Gasteiger partial charge in [0.05, 0.1) is 27.4 Å². The monoisotopic (exact) mass is 277 g/mol. The molecular formula is C15H19NO4. The van der Waals surface area contributed by atoms with Crippen molar-refractivity contribution in [3.05, 3.63) is 17.7 Å². The van der Waals surface area contributed by atoms with E-state index in [2.05, 4.69) is 11.0 Å². The lowest BCUT2D eigenvalue weighted by Gasteiger charge is -2.26. The Hall–Kier alpha value is -1.88. The van der Waals surface area contributed by atoms with Crippen LogP contribution in [0.5, 0.6) is 11.5 Å². The summed E-state index contributed by atoms with van der Waals surface area (Å²) < 4.78 is 22.2. The minimum absolute atomic E-state index is 0.646. The van der Waals surface area contributed by atoms with Gasteiger partial charge in [-0.2, -0.15) is 0 Å². The van der Waals surface area contributed by atoms with Crippen LogP contribution in [0.1, 0.15) is 5.56 Å². The van der Waals surface area contributed by atoms with Crippen molar-refractivity contribution >= 4 is 16.9 Å². The fourth-order valence-electron chi connectivity index (χ4n) is 2.58. The van der Waals surface area contributed by atoms with Gasteiger partial charge in [0.2, 0.25) is 5.75 Å². The number of aryl methyl sites for hydroxylation is 1. The number of fused-ring (bicyclic) bond motifs is 1. The molecule has 1 aliphatic heterocycles. The van der Waals surface area contributed by atoms with Crippen LogP contribution in [0.4, 0.5) is 5.88 Å². The molecular weight excluding hydrogens is 258 g/mol. The SMILES string of the molecule is COc1cc(C)c2cc(N3CCOCC3)oc2c1OC. The zero-order chi connectivity index (χ0) is 14.1. The molecule has 1 fully saturated rings. The number of nitrogens with zero attached hydrogens (tertiary/aromatic N) is 1. The first-order chi connectivity index (χ1) is 9.74. The molecule has 2 aromatic rings. The highest BCUT2D eigenvalue weighted by molar-refractivity contribution is 5.91. The standard InChI is InChI=1S/C15H19NO4/c1-10-8-12(17-2)15(18-3)14-11(10)9-13(20-14)16-4-6-19-7-5-16/h8-9H,4-7H2,1-3H3. The van der Waals surface area contributed by atoms with Gasteiger partial charge in [-0.1, -0.05) is 0 Å². The van der Waals surface area contributed by atoms with Crippen LogP contribution in [0.25, 0.3) is 11.0 Å². The molecule has 0 spiro atoms. The zero-order valence-electron chi connectivity index (χ0n) is 12.1. The molecule has 0 unspecified atom stereocenters. The second kappa shape index (κ2) is 5.25. The van der Waals surface area contributed by atoms with Gasteiger partial charge < -0.3 is 23.5 Å². The number of hydrogen-bond acceptors (Lipinski definition) is 5. The summed E-state index contributed by atoms with van der Waals surface area (Å²) in [5.41, 5.74) is 1.85. The number of methoxy groups -OCH3 is 2. The smallest absolute Gasteiger partial charge is 0.204 e. The van der Waals surface area contributed by atoms with Crippen LogP contribution in [-0.2, 0) is 4.74 Å². The van der Waals surface area contributed by atoms with E-state index in [-0.39, 0.29) is 0 Å². The maximum absolute atomic E-state index is 6.02. The maximum atomic E-state index is 6.02. The molecule has 2 heterocycles. The van der Waals surface area contributed by atoms with Crippen molar-refractivity contribution in [2.24, 2.45) is 0 Å². The lowest BCUT2D eigenvalue weighted by molar-refractivity contribution is 0.121. The highest BCUT2D eigenvalue weighted by atomic mass is 16.5. The number of morpholine rings is 1. The summed E-state index contributed by atoms with van der Waals surface area (Å²) in [6.45, 7) is 5.20. The Kier molecular flexibility index (Phi) is 3.44. The number of anilines is 1. The number of benzene rings is 1. The lowest BCUT2D eigenvalue weighted by atomic mass is 10.1. The molecule has 0 saturated carbocycles. The molecule has 0 radical (unpaired) electrons. The van der Waals surface area contributed by atoms with Crippen molar-refractivity contribution in [3.63, 3.8) is 0 Å². The Labute approximate surface area is 118 Å². The molecule has 0 atom stereocenters. The summed E-state index contributed by atoms with van der Waals surface area (Å²) in [4.78, 5) is 2.19. The van der Waals surface area contributed by atoms with E-state index in [1.807, 2.05) is 13.0 Å². The van der Waals surface area contributed by atoms with Gasteiger partial charge >= 0.3 is 0 Å². The first-order valence-corrected chi connectivity index (χ1v) is 6.72. The third-order valence-electron chi connectivity index (χ3n) is 3.67. The maximum Gasteiger partial charge on any atom is 0.204 e. The van der Waals surface area contributed by atoms with E-state index in [9.17, 15) is 0 Å². The van der Waals surface area contributed by atoms with Crippen LogP contribution in [0.3, 0.4) is 0 Å². The number of furan rings is 1. The Morgan fingerprint density at radius 3 is 2.50 bits per heavy atom. The summed E-state index contributed by atoms with van der Waals surface area (Å²) in [6.07, 6.45) is 0. The van der Waals surface area contributed by atoms with E-state index in [4.69, 9.17) is 18.6 Å². The van der Waals surface area contributed by atoms with Crippen molar-refractivity contribution in [1.82, 2.24) is 0 Å². The summed E-state index contributed by atoms with van der Waals surface area (Å²) in [5.74, 6) is 2.20. The van der Waals surface area contributed by atoms with E-state index >= 15 is 0 Å². The van der Waals surface area contributed by atoms with Gasteiger partial charge in [-0.05, 0) is 18.6 Å². The van der Waals surface area contributed by atoms with E-state index < -0.39 is 0 Å². The molecule has 1 aromatic carbocycles. The molecule has 0 N–H and O–H groups in total. The second-order valence-electron chi connectivity index (χ2n) is 4.86. The van der Waals surface area contributed by atoms with E-state index in [0.29, 0.717) is 11.5 Å². The molecule has 1 aromatic heterocycles. The van der Waals surface area contributed by atoms with Crippen LogP contribution >= 0.6 is 0 Å². The predicted molar refractivity (Wildman–Crippen MR) is 77.1 cm³/mol. The number of hydrogen-bond donors (Lipinski definition) is 0. The average molecular weight is 277 g/mol. The predicted octanol–water partition coefficient (Wildman–Crippen LogP) is 2.60. The van der Waals surface area contributed by atoms with Crippen molar-refractivity contribution in [1.29, 1.82) is 0 Å². The molecule has 0 bridgehead atoms. The van der Waals surface area contributed by atoms with E-state index in [0.717, 1.165) is 48.7 Å². The minimum atomic E-state index is 0.646. The first-order valence-electron chi connectivity index (χ1n) is 6.72. The Bertz CT molecular complexity index is 614. The zero-order valence-corrected chi connectivity index (χ0v) is 12.1. The quantitative estimate of drug-likeness (QED) is 0.862. The van der Waals surface area contributed by atoms with Crippen molar-refractivity contribution in [2.45, 2.75) is 6.92 Å². The second-order valence-corrected chi connectivity index (χ2v) is 4.86. The molecule has 108 valence electrons. The minimum Gasteiger partial charge on any atom is -0.493 e. The summed E-state index contributed by atoms with van der Waals surface area (Å²) in [6, 6.07) is 4.04. The number of rotatable bonds is 3. The molecule has 20 heavy (non-hydrogen) atoms. The van der Waals surface area contributed by atoms with Crippen LogP contribution in [-0.4, -0.2) is 40.5 Å². The van der Waals surface area contributed by atoms with Crippen molar-refractivity contribution in [3.8, 4) is 11.5 Å². The highest BCUT2D eigenvalue weighted by Crippen LogP contribution is 2.41. The van der Waals surface area contributed by atoms with Gasteiger partial charge in [0, 0.05) is 24.5 Å². The van der Waals surface area contributed by atoms with Gasteiger partial charge in [-0.3, -0.25) is 0 Å². The van der Waals surface area contributed by atoms with Gasteiger partial charge in [-0.15, -0.1) is 0 Å². The van der Waals surface area contributed by atoms with Gasteiger partial charge in [0.25, 0.3) is 0 Å². The lowest BCUT2D eigenvalue weighted by Crippen LogP contribution is -2.35. The van der Waals surface area contributed by atoms with Gasteiger partial charge in [0.1, 0.15) is 0 Å². The highest BCUT2D eigenvalue weighted by Gasteiger charge is 2.20. The Balaban J connectivity index is 2.11. The van der Waals surface area contributed by atoms with Crippen LogP contribution in [0, 0.1) is 6.92 Å². The summed E-state index contributed by atoms with van der Waals surface area (Å²) in [7, 11) is 3.26. The van der Waals surface area contributed by atoms with E-state index in [1.54, 1.807) is 14.2 Å². The fraction of sp³-hybridized carbons (Fsp3) is 0.467. The van der Waals surface area contributed by atoms with Crippen LogP contribution < -0.4 is 14.4 Å². The van der Waals surface area contributed by atoms with Crippen LogP contribution in [0.15, 0.2) is 16.5 Å². The summed E-state index contributed by atoms with van der Waals surface area (Å²) in [5, 5.41) is 1.06. The molecule has 0 amide bonds. The molecule has 0 aliphatic carbocycles. The molecule has 5 heteroatoms. The molecule has 5 nitrogen and oxygen atoms in total. The van der Waals surface area contributed by atoms with E-state index in [1.165, 1.54) is 0 Å². The normalized spacial score (nSPS) is 15.7. The van der Waals surface area contributed by atoms with Crippen molar-refractivity contribution < 1.29 is 18.6 Å². The topological polar surface area (TPSA) is 44.1 Å². The average Bonchev–Trinajstić information content (AvgIpc) is 2.93. The largest absolute Gasteiger partial charge is 0.493 e. The Morgan fingerprint density at radius 2 is 1.85 bits per heavy atom. The molecule has 1 saturated heterocycles. The molecule has 3 rings (SSSR count). The third-order valence-corrected chi connectivity index (χ3v) is 3.67.